The zero-order valence-corrected chi connectivity index (χ0v) is 19.1. The lowest BCUT2D eigenvalue weighted by atomic mass is 10.2. The fraction of sp³-hybridized carbons (Fsp3) is 0.238. The highest BCUT2D eigenvalue weighted by Gasteiger charge is 2.29. The smallest absolute Gasteiger partial charge is 0.275 e. The summed E-state index contributed by atoms with van der Waals surface area (Å²) in [4.78, 5) is 16.7. The summed E-state index contributed by atoms with van der Waals surface area (Å²) in [6, 6.07) is 12.0. The van der Waals surface area contributed by atoms with Crippen LogP contribution in [0.1, 0.15) is 24.5 Å². The molecule has 4 aromatic rings. The molecule has 0 saturated heterocycles. The van der Waals surface area contributed by atoms with E-state index in [9.17, 15) is 26.7 Å². The summed E-state index contributed by atoms with van der Waals surface area (Å²) in [7, 11) is 0. The predicted octanol–water partition coefficient (Wildman–Crippen LogP) is 5.54. The topological polar surface area (TPSA) is 70.5 Å². The van der Waals surface area contributed by atoms with Crippen LogP contribution in [0.3, 0.4) is 0 Å². The summed E-state index contributed by atoms with van der Waals surface area (Å²) in [5.74, 6) is -0.922. The Balaban J connectivity index is 1.74. The fourth-order valence-electron chi connectivity index (χ4n) is 3.31. The average Bonchev–Trinajstić information content (AvgIpc) is 3.34. The minimum Gasteiger partial charge on any atom is -0.275 e. The number of hydrogen-bond donors (Lipinski definition) is 0. The molecule has 0 fully saturated rings. The van der Waals surface area contributed by atoms with E-state index in [1.165, 1.54) is 36.4 Å². The van der Waals surface area contributed by atoms with Crippen LogP contribution in [0.15, 0.2) is 53.3 Å². The highest BCUT2D eigenvalue weighted by atomic mass is 35.5. The largest absolute Gasteiger partial charge is 0.390 e. The number of aromatic nitrogens is 6. The lowest BCUT2D eigenvalue weighted by molar-refractivity contribution is -0.136. The second-order valence-corrected chi connectivity index (χ2v) is 8.24. The average molecular weight is 533 g/mol. The maximum atomic E-state index is 13.6. The van der Waals surface area contributed by atoms with Gasteiger partial charge in [0.2, 0.25) is 0 Å². The Bertz CT molecular complexity index is 1390. The molecule has 0 aliphatic heterocycles. The Morgan fingerprint density at radius 1 is 0.971 bits per heavy atom. The number of hydrogen-bond acceptors (Lipinski definition) is 4. The van der Waals surface area contributed by atoms with E-state index < -0.39 is 43.6 Å². The lowest BCUT2D eigenvalue weighted by Crippen LogP contribution is -2.27. The second-order valence-electron chi connectivity index (χ2n) is 7.37. The third-order valence-corrected chi connectivity index (χ3v) is 5.35. The maximum Gasteiger partial charge on any atom is 0.390 e. The van der Waals surface area contributed by atoms with Gasteiger partial charge >= 0.3 is 11.9 Å². The first-order valence-corrected chi connectivity index (χ1v) is 10.8. The van der Waals surface area contributed by atoms with Crippen LogP contribution >= 0.6 is 23.2 Å². The monoisotopic (exact) mass is 532 g/mol. The molecule has 2 heterocycles. The molecule has 4 rings (SSSR count). The van der Waals surface area contributed by atoms with Gasteiger partial charge in [0.1, 0.15) is 6.54 Å². The van der Waals surface area contributed by atoms with Crippen molar-refractivity contribution < 1.29 is 22.0 Å². The van der Waals surface area contributed by atoms with Gasteiger partial charge in [-0.15, -0.1) is 10.2 Å². The van der Waals surface area contributed by atoms with Gasteiger partial charge in [-0.25, -0.2) is 27.9 Å². The minimum absolute atomic E-state index is 0.0423. The Labute approximate surface area is 204 Å². The molecule has 0 atom stereocenters. The van der Waals surface area contributed by atoms with E-state index in [-0.39, 0.29) is 22.4 Å². The van der Waals surface area contributed by atoms with Crippen molar-refractivity contribution in [2.75, 3.05) is 0 Å². The van der Waals surface area contributed by atoms with Gasteiger partial charge < -0.3 is 0 Å². The van der Waals surface area contributed by atoms with Crippen molar-refractivity contribution in [3.8, 4) is 17.1 Å². The van der Waals surface area contributed by atoms with Crippen LogP contribution in [0.4, 0.5) is 22.0 Å². The summed E-state index contributed by atoms with van der Waals surface area (Å²) < 4.78 is 68.4. The lowest BCUT2D eigenvalue weighted by Gasteiger charge is -2.08. The SMILES string of the molecule is O=c1n(Cc2nc(C(F)F)n(-c3cccc(Cl)c3)n2)nc(-c2ccc(Cl)cc2)n1CCC(F)(F)F. The normalized spacial score (nSPS) is 12.0. The van der Waals surface area contributed by atoms with Gasteiger partial charge in [-0.05, 0) is 42.5 Å². The van der Waals surface area contributed by atoms with Crippen LogP contribution in [-0.4, -0.2) is 35.3 Å². The molecule has 0 spiro atoms. The molecule has 0 saturated carbocycles. The number of alkyl halides is 5. The Morgan fingerprint density at radius 3 is 2.31 bits per heavy atom. The highest BCUT2D eigenvalue weighted by molar-refractivity contribution is 6.31. The van der Waals surface area contributed by atoms with Crippen molar-refractivity contribution in [3.63, 3.8) is 0 Å². The summed E-state index contributed by atoms with van der Waals surface area (Å²) in [5, 5.41) is 8.85. The Kier molecular flexibility index (Phi) is 6.95. The Hall–Kier alpha value is -3.25. The molecule has 184 valence electrons. The van der Waals surface area contributed by atoms with Crippen molar-refractivity contribution in [1.29, 1.82) is 0 Å². The molecule has 0 amide bonds. The van der Waals surface area contributed by atoms with Gasteiger partial charge in [0.25, 0.3) is 6.43 Å². The molecule has 0 unspecified atom stereocenters. The van der Waals surface area contributed by atoms with Crippen LogP contribution in [0, 0.1) is 0 Å². The van der Waals surface area contributed by atoms with Gasteiger partial charge in [-0.2, -0.15) is 13.2 Å². The first kappa shape index (κ1) is 24.9. The van der Waals surface area contributed by atoms with E-state index in [4.69, 9.17) is 23.2 Å². The molecule has 35 heavy (non-hydrogen) atoms. The second kappa shape index (κ2) is 9.78. The maximum absolute atomic E-state index is 13.6. The molecule has 0 radical (unpaired) electrons. The van der Waals surface area contributed by atoms with E-state index in [1.54, 1.807) is 12.1 Å². The van der Waals surface area contributed by atoms with Crippen molar-refractivity contribution in [2.45, 2.75) is 32.1 Å². The highest BCUT2D eigenvalue weighted by Crippen LogP contribution is 2.25. The molecule has 2 aromatic carbocycles. The van der Waals surface area contributed by atoms with Crippen LogP contribution < -0.4 is 5.69 Å². The zero-order valence-electron chi connectivity index (χ0n) is 17.6. The Morgan fingerprint density at radius 2 is 1.69 bits per heavy atom. The molecule has 0 bridgehead atoms. The molecule has 2 aromatic heterocycles. The molecule has 0 aliphatic carbocycles. The molecule has 14 heteroatoms. The molecular weight excluding hydrogens is 518 g/mol. The zero-order chi connectivity index (χ0) is 25.3. The number of benzene rings is 2. The van der Waals surface area contributed by atoms with E-state index in [2.05, 4.69) is 15.2 Å². The van der Waals surface area contributed by atoms with Gasteiger partial charge in [0.05, 0.1) is 12.1 Å². The van der Waals surface area contributed by atoms with Crippen molar-refractivity contribution in [1.82, 2.24) is 29.1 Å². The third kappa shape index (κ3) is 5.70. The number of rotatable bonds is 7. The van der Waals surface area contributed by atoms with E-state index in [0.717, 1.165) is 13.9 Å². The van der Waals surface area contributed by atoms with Crippen LogP contribution in [0.5, 0.6) is 0 Å². The van der Waals surface area contributed by atoms with Crippen molar-refractivity contribution in [2.24, 2.45) is 0 Å². The third-order valence-electron chi connectivity index (χ3n) is 4.86. The fourth-order valence-corrected chi connectivity index (χ4v) is 3.62. The molecular formula is C21H15Cl2F5N6O. The minimum atomic E-state index is -4.51. The van der Waals surface area contributed by atoms with E-state index in [1.807, 2.05) is 0 Å². The molecule has 7 nitrogen and oxygen atoms in total. The van der Waals surface area contributed by atoms with Gasteiger partial charge in [0.15, 0.2) is 17.5 Å². The quantitative estimate of drug-likeness (QED) is 0.293. The summed E-state index contributed by atoms with van der Waals surface area (Å²) in [6.07, 6.45) is -8.78. The van der Waals surface area contributed by atoms with Crippen LogP contribution in [-0.2, 0) is 13.1 Å². The number of halogens is 7. The summed E-state index contributed by atoms with van der Waals surface area (Å²) in [5.41, 5.74) is -0.313. The first-order chi connectivity index (χ1) is 16.5. The van der Waals surface area contributed by atoms with Gasteiger partial charge in [0, 0.05) is 22.2 Å². The van der Waals surface area contributed by atoms with E-state index in [0.29, 0.717) is 10.6 Å². The van der Waals surface area contributed by atoms with Crippen LogP contribution in [0.2, 0.25) is 10.0 Å². The standard InChI is InChI=1S/C21H15Cl2F5N6O/c22-13-6-4-12(5-7-13)18-31-33(20(35)32(18)9-8-21(26,27)28)11-16-29-19(17(24)25)34(30-16)15-3-1-2-14(23)10-15/h1-7,10,17H,8-9,11H2. The first-order valence-electron chi connectivity index (χ1n) is 10.0. The van der Waals surface area contributed by atoms with Crippen molar-refractivity contribution >= 4 is 23.2 Å². The van der Waals surface area contributed by atoms with E-state index >= 15 is 0 Å². The van der Waals surface area contributed by atoms with Crippen LogP contribution in [0.25, 0.3) is 17.1 Å². The molecule has 0 aliphatic rings. The number of nitrogens with zero attached hydrogens (tertiary/aromatic N) is 6. The molecule has 0 N–H and O–H groups in total. The van der Waals surface area contributed by atoms with Gasteiger partial charge in [-0.1, -0.05) is 29.3 Å². The predicted molar refractivity (Wildman–Crippen MR) is 118 cm³/mol. The summed E-state index contributed by atoms with van der Waals surface area (Å²) in [6.45, 7) is -1.14. The summed E-state index contributed by atoms with van der Waals surface area (Å²) >= 11 is 11.8. The van der Waals surface area contributed by atoms with Gasteiger partial charge in [-0.3, -0.25) is 4.57 Å². The van der Waals surface area contributed by atoms with Crippen molar-refractivity contribution in [3.05, 3.63) is 80.7 Å².